The molecular weight excluding hydrogens is 307 g/mol. The molecule has 0 fully saturated rings. The van der Waals surface area contributed by atoms with Crippen molar-refractivity contribution in [1.82, 2.24) is 9.97 Å². The van der Waals surface area contributed by atoms with E-state index in [1.807, 2.05) is 6.92 Å². The van der Waals surface area contributed by atoms with Crippen molar-refractivity contribution < 1.29 is 9.90 Å². The Bertz CT molecular complexity index is 628. The van der Waals surface area contributed by atoms with Crippen LogP contribution in [0, 0.1) is 0 Å². The molecule has 2 aromatic rings. The van der Waals surface area contributed by atoms with E-state index in [1.165, 1.54) is 6.20 Å². The van der Waals surface area contributed by atoms with Gasteiger partial charge in [0, 0.05) is 6.20 Å². The highest BCUT2D eigenvalue weighted by Crippen LogP contribution is 2.33. The van der Waals surface area contributed by atoms with Crippen LogP contribution in [-0.4, -0.2) is 21.0 Å². The summed E-state index contributed by atoms with van der Waals surface area (Å²) in [6.45, 7) is 1.97. The van der Waals surface area contributed by atoms with Gasteiger partial charge in [0.2, 0.25) is 0 Å². The summed E-state index contributed by atoms with van der Waals surface area (Å²) in [6, 6.07) is 1.56. The molecule has 0 saturated heterocycles. The second kappa shape index (κ2) is 5.86. The van der Waals surface area contributed by atoms with E-state index in [4.69, 9.17) is 28.3 Å². The fourth-order valence-corrected chi connectivity index (χ4v) is 3.09. The lowest BCUT2D eigenvalue weighted by Crippen LogP contribution is -1.98. The molecule has 2 aromatic heterocycles. The average Bonchev–Trinajstić information content (AvgIpc) is 2.73. The number of halogens is 2. The second-order valence-electron chi connectivity index (χ2n) is 3.83. The lowest BCUT2D eigenvalue weighted by molar-refractivity contribution is 0.0700. The molecule has 0 saturated carbocycles. The quantitative estimate of drug-likeness (QED) is 0.919. The standard InChI is InChI=1S/C12H10Cl2N2O2S/c1-2-3-8-10(12(17)18)19-11(16-8)9-7(14)4-6(13)5-15-9/h4-5H,2-3H2,1H3,(H,17,18). The number of aromatic nitrogens is 2. The predicted molar refractivity (Wildman–Crippen MR) is 76.3 cm³/mol. The van der Waals surface area contributed by atoms with E-state index in [9.17, 15) is 4.79 Å². The van der Waals surface area contributed by atoms with Gasteiger partial charge in [-0.2, -0.15) is 0 Å². The van der Waals surface area contributed by atoms with Gasteiger partial charge >= 0.3 is 5.97 Å². The van der Waals surface area contributed by atoms with Gasteiger partial charge in [-0.25, -0.2) is 9.78 Å². The van der Waals surface area contributed by atoms with E-state index < -0.39 is 5.97 Å². The van der Waals surface area contributed by atoms with Crippen LogP contribution in [0.2, 0.25) is 10.0 Å². The lowest BCUT2D eigenvalue weighted by atomic mass is 10.2. The van der Waals surface area contributed by atoms with Crippen LogP contribution >= 0.6 is 34.5 Å². The van der Waals surface area contributed by atoms with Crippen LogP contribution in [0.3, 0.4) is 0 Å². The molecule has 0 aliphatic carbocycles. The SMILES string of the molecule is CCCc1nc(-c2ncc(Cl)cc2Cl)sc1C(=O)O. The van der Waals surface area contributed by atoms with Crippen molar-refractivity contribution in [3.63, 3.8) is 0 Å². The Labute approximate surface area is 124 Å². The summed E-state index contributed by atoms with van der Waals surface area (Å²) in [4.78, 5) is 19.9. The highest BCUT2D eigenvalue weighted by Gasteiger charge is 2.19. The van der Waals surface area contributed by atoms with Gasteiger partial charge in [-0.15, -0.1) is 11.3 Å². The Morgan fingerprint density at radius 2 is 2.21 bits per heavy atom. The predicted octanol–water partition coefficient (Wildman–Crippen LogP) is 4.16. The third-order valence-electron chi connectivity index (χ3n) is 2.39. The summed E-state index contributed by atoms with van der Waals surface area (Å²) >= 11 is 12.9. The summed E-state index contributed by atoms with van der Waals surface area (Å²) in [5.74, 6) is -0.975. The number of aryl methyl sites for hydroxylation is 1. The maximum Gasteiger partial charge on any atom is 0.347 e. The molecule has 0 aliphatic rings. The van der Waals surface area contributed by atoms with Crippen LogP contribution in [-0.2, 0) is 6.42 Å². The first-order valence-electron chi connectivity index (χ1n) is 5.57. The first kappa shape index (κ1) is 14.2. The molecule has 0 spiro atoms. The third kappa shape index (κ3) is 3.05. The Morgan fingerprint density at radius 1 is 1.47 bits per heavy atom. The van der Waals surface area contributed by atoms with Crippen LogP contribution in [0.25, 0.3) is 10.7 Å². The number of carbonyl (C=O) groups is 1. The summed E-state index contributed by atoms with van der Waals surface area (Å²) in [5.41, 5.74) is 1.03. The van der Waals surface area contributed by atoms with Gasteiger partial charge in [-0.1, -0.05) is 36.5 Å². The number of carboxylic acids is 1. The monoisotopic (exact) mass is 316 g/mol. The summed E-state index contributed by atoms with van der Waals surface area (Å²) < 4.78 is 0. The summed E-state index contributed by atoms with van der Waals surface area (Å²) in [6.07, 6.45) is 2.90. The number of carboxylic acid groups (broad SMARTS) is 1. The van der Waals surface area contributed by atoms with Crippen LogP contribution in [0.1, 0.15) is 28.7 Å². The normalized spacial score (nSPS) is 10.7. The van der Waals surface area contributed by atoms with E-state index in [-0.39, 0.29) is 4.88 Å². The minimum absolute atomic E-state index is 0.240. The van der Waals surface area contributed by atoms with Crippen molar-refractivity contribution in [3.8, 4) is 10.7 Å². The molecule has 0 atom stereocenters. The molecule has 0 unspecified atom stereocenters. The molecule has 2 heterocycles. The van der Waals surface area contributed by atoms with Gasteiger partial charge in [0.25, 0.3) is 0 Å². The number of rotatable bonds is 4. The molecule has 0 amide bonds. The number of hydrogen-bond acceptors (Lipinski definition) is 4. The number of nitrogens with zero attached hydrogens (tertiary/aromatic N) is 2. The van der Waals surface area contributed by atoms with E-state index in [0.29, 0.717) is 32.9 Å². The Kier molecular flexibility index (Phi) is 4.39. The van der Waals surface area contributed by atoms with E-state index in [2.05, 4.69) is 9.97 Å². The molecule has 2 rings (SSSR count). The van der Waals surface area contributed by atoms with E-state index in [1.54, 1.807) is 6.07 Å². The van der Waals surface area contributed by atoms with Gasteiger partial charge < -0.3 is 5.11 Å². The molecule has 0 aromatic carbocycles. The van der Waals surface area contributed by atoms with Crippen LogP contribution in [0.4, 0.5) is 0 Å². The van der Waals surface area contributed by atoms with Crippen LogP contribution in [0.15, 0.2) is 12.3 Å². The van der Waals surface area contributed by atoms with Gasteiger partial charge in [-0.05, 0) is 12.5 Å². The van der Waals surface area contributed by atoms with Crippen molar-refractivity contribution >= 4 is 40.5 Å². The number of thiazole rings is 1. The first-order chi connectivity index (χ1) is 9.02. The number of aromatic carboxylic acids is 1. The maximum absolute atomic E-state index is 11.2. The zero-order valence-electron chi connectivity index (χ0n) is 9.98. The number of hydrogen-bond donors (Lipinski definition) is 1. The molecular formula is C12H10Cl2N2O2S. The highest BCUT2D eigenvalue weighted by molar-refractivity contribution is 7.17. The molecule has 7 heteroatoms. The first-order valence-corrected chi connectivity index (χ1v) is 7.14. The fourth-order valence-electron chi connectivity index (χ4n) is 1.60. The topological polar surface area (TPSA) is 63.1 Å². The molecule has 0 radical (unpaired) electrons. The molecule has 4 nitrogen and oxygen atoms in total. The zero-order chi connectivity index (χ0) is 14.0. The summed E-state index contributed by atoms with van der Waals surface area (Å²) in [7, 11) is 0. The van der Waals surface area contributed by atoms with Crippen molar-refractivity contribution in [2.24, 2.45) is 0 Å². The highest BCUT2D eigenvalue weighted by atomic mass is 35.5. The largest absolute Gasteiger partial charge is 0.477 e. The van der Waals surface area contributed by atoms with Crippen molar-refractivity contribution in [3.05, 3.63) is 32.9 Å². The average molecular weight is 317 g/mol. The minimum atomic E-state index is -0.975. The molecule has 19 heavy (non-hydrogen) atoms. The van der Waals surface area contributed by atoms with E-state index in [0.717, 1.165) is 17.8 Å². The zero-order valence-corrected chi connectivity index (χ0v) is 12.3. The minimum Gasteiger partial charge on any atom is -0.477 e. The van der Waals surface area contributed by atoms with Gasteiger partial charge in [0.15, 0.2) is 0 Å². The Hall–Kier alpha value is -1.17. The van der Waals surface area contributed by atoms with Gasteiger partial charge in [-0.3, -0.25) is 4.98 Å². The lowest BCUT2D eigenvalue weighted by Gasteiger charge is -1.99. The van der Waals surface area contributed by atoms with Crippen molar-refractivity contribution in [1.29, 1.82) is 0 Å². The second-order valence-corrected chi connectivity index (χ2v) is 5.68. The van der Waals surface area contributed by atoms with Gasteiger partial charge in [0.1, 0.15) is 15.6 Å². The van der Waals surface area contributed by atoms with E-state index >= 15 is 0 Å². The Balaban J connectivity index is 2.50. The van der Waals surface area contributed by atoms with Crippen LogP contribution in [0.5, 0.6) is 0 Å². The fraction of sp³-hybridized carbons (Fsp3) is 0.250. The third-order valence-corrected chi connectivity index (χ3v) is 3.98. The van der Waals surface area contributed by atoms with Crippen molar-refractivity contribution in [2.75, 3.05) is 0 Å². The molecule has 100 valence electrons. The maximum atomic E-state index is 11.2. The smallest absolute Gasteiger partial charge is 0.347 e. The Morgan fingerprint density at radius 3 is 2.79 bits per heavy atom. The summed E-state index contributed by atoms with van der Waals surface area (Å²) in [5, 5.41) is 10.5. The van der Waals surface area contributed by atoms with Crippen LogP contribution < -0.4 is 0 Å². The van der Waals surface area contributed by atoms with Crippen molar-refractivity contribution in [2.45, 2.75) is 19.8 Å². The molecule has 0 bridgehead atoms. The van der Waals surface area contributed by atoms with Gasteiger partial charge in [0.05, 0.1) is 15.7 Å². The molecule has 0 aliphatic heterocycles. The number of pyridine rings is 1. The molecule has 1 N–H and O–H groups in total.